The molecule has 1 N–H and O–H groups in total. The molecule has 2 aliphatic rings. The zero-order chi connectivity index (χ0) is 18.7. The smallest absolute Gasteiger partial charge is 0.358 e. The Kier molecular flexibility index (Phi) is 3.74. The molecule has 4 rings (SSSR count). The largest absolute Gasteiger partial charge is 0.476 e. The second-order valence-electron chi connectivity index (χ2n) is 6.98. The number of nitrogens with zero attached hydrogens (tertiary/aromatic N) is 4. The number of morpholine rings is 1. The van der Waals surface area contributed by atoms with E-state index < -0.39 is 20.6 Å². The van der Waals surface area contributed by atoms with E-state index in [1.54, 1.807) is 6.07 Å². The lowest BCUT2D eigenvalue weighted by atomic mass is 10.2. The molecule has 1 aliphatic heterocycles. The molecule has 0 spiro atoms. The molecule has 10 heteroatoms. The molecule has 0 bridgehead atoms. The van der Waals surface area contributed by atoms with Crippen LogP contribution in [0.15, 0.2) is 12.4 Å². The number of carbonyl (C=O) groups is 1. The summed E-state index contributed by atoms with van der Waals surface area (Å²) in [5.41, 5.74) is 0.510. The molecule has 2 aromatic rings. The molecule has 0 radical (unpaired) electrons. The molecule has 0 amide bonds. The maximum absolute atomic E-state index is 12.4. The Labute approximate surface area is 150 Å². The number of aromatic carboxylic acids is 1. The number of hydrogen-bond donors (Lipinski definition) is 1. The van der Waals surface area contributed by atoms with E-state index in [1.165, 1.54) is 17.0 Å². The Morgan fingerprint density at radius 1 is 1.42 bits per heavy atom. The van der Waals surface area contributed by atoms with Crippen LogP contribution < -0.4 is 4.90 Å². The highest BCUT2D eigenvalue weighted by molar-refractivity contribution is 7.91. The topological polar surface area (TPSA) is 114 Å². The molecule has 26 heavy (non-hydrogen) atoms. The van der Waals surface area contributed by atoms with E-state index in [0.29, 0.717) is 44.1 Å². The Morgan fingerprint density at radius 2 is 2.15 bits per heavy atom. The second-order valence-corrected chi connectivity index (χ2v) is 9.30. The summed E-state index contributed by atoms with van der Waals surface area (Å²) in [6.07, 6.45) is 3.57. The predicted octanol–water partition coefficient (Wildman–Crippen LogP) is 0.686. The number of rotatable bonds is 4. The number of carboxylic acid groups (broad SMARTS) is 1. The number of aromatic nitrogens is 3. The van der Waals surface area contributed by atoms with Crippen LogP contribution in [-0.4, -0.2) is 65.9 Å². The van der Waals surface area contributed by atoms with Gasteiger partial charge in [0.05, 0.1) is 24.9 Å². The zero-order valence-electron chi connectivity index (χ0n) is 14.5. The van der Waals surface area contributed by atoms with Gasteiger partial charge < -0.3 is 14.7 Å². The highest BCUT2D eigenvalue weighted by Gasteiger charge is 2.55. The van der Waals surface area contributed by atoms with Gasteiger partial charge in [0.15, 0.2) is 21.2 Å². The standard InChI is InChI=1S/C16H20N4O5S/c1-10-8-25-6-5-19(10)12-7-11(16(3-4-16)26(2,23)24)20-9-17-13(15(21)22)14(20)18-12/h7,9-10H,3-6,8H2,1-2H3,(H,21,22). The number of sulfone groups is 1. The van der Waals surface area contributed by atoms with E-state index in [-0.39, 0.29) is 17.4 Å². The molecule has 1 aliphatic carbocycles. The van der Waals surface area contributed by atoms with Crippen LogP contribution in [0.25, 0.3) is 5.65 Å². The van der Waals surface area contributed by atoms with Crippen molar-refractivity contribution in [3.8, 4) is 0 Å². The first-order chi connectivity index (χ1) is 12.2. The summed E-state index contributed by atoms with van der Waals surface area (Å²) in [6.45, 7) is 3.66. The van der Waals surface area contributed by atoms with Gasteiger partial charge in [-0.1, -0.05) is 0 Å². The highest BCUT2D eigenvalue weighted by Crippen LogP contribution is 2.52. The molecular weight excluding hydrogens is 360 g/mol. The van der Waals surface area contributed by atoms with Crippen LogP contribution in [0.4, 0.5) is 5.82 Å². The molecule has 1 saturated heterocycles. The fourth-order valence-electron chi connectivity index (χ4n) is 3.60. The molecule has 140 valence electrons. The monoisotopic (exact) mass is 380 g/mol. The predicted molar refractivity (Wildman–Crippen MR) is 93.3 cm³/mol. The van der Waals surface area contributed by atoms with E-state index in [0.717, 1.165) is 0 Å². The lowest BCUT2D eigenvalue weighted by Gasteiger charge is -2.34. The van der Waals surface area contributed by atoms with Crippen molar-refractivity contribution in [1.29, 1.82) is 0 Å². The normalized spacial score (nSPS) is 22.5. The zero-order valence-corrected chi connectivity index (χ0v) is 15.4. The fourth-order valence-corrected chi connectivity index (χ4v) is 4.99. The first-order valence-corrected chi connectivity index (χ1v) is 10.3. The summed E-state index contributed by atoms with van der Waals surface area (Å²) in [6, 6.07) is 1.81. The molecule has 1 atom stereocenters. The quantitative estimate of drug-likeness (QED) is 0.824. The molecule has 1 saturated carbocycles. The van der Waals surface area contributed by atoms with Crippen molar-refractivity contribution in [2.45, 2.75) is 30.6 Å². The van der Waals surface area contributed by atoms with Crippen molar-refractivity contribution in [2.24, 2.45) is 0 Å². The average Bonchev–Trinajstić information content (AvgIpc) is 3.28. The van der Waals surface area contributed by atoms with E-state index >= 15 is 0 Å². The van der Waals surface area contributed by atoms with Crippen molar-refractivity contribution in [3.05, 3.63) is 23.8 Å². The van der Waals surface area contributed by atoms with Gasteiger partial charge in [0.2, 0.25) is 0 Å². The number of hydrogen-bond acceptors (Lipinski definition) is 7. The van der Waals surface area contributed by atoms with Crippen molar-refractivity contribution < 1.29 is 23.1 Å². The van der Waals surface area contributed by atoms with Crippen LogP contribution >= 0.6 is 0 Å². The van der Waals surface area contributed by atoms with Gasteiger partial charge in [0.25, 0.3) is 0 Å². The fraction of sp³-hybridized carbons (Fsp3) is 0.562. The van der Waals surface area contributed by atoms with Crippen molar-refractivity contribution >= 4 is 27.3 Å². The van der Waals surface area contributed by atoms with Crippen LogP contribution in [0.5, 0.6) is 0 Å². The number of carboxylic acids is 1. The van der Waals surface area contributed by atoms with E-state index in [1.807, 2.05) is 11.8 Å². The minimum absolute atomic E-state index is 0.0520. The summed E-state index contributed by atoms with van der Waals surface area (Å²) in [4.78, 5) is 22.0. The van der Waals surface area contributed by atoms with Gasteiger partial charge in [-0.2, -0.15) is 0 Å². The Morgan fingerprint density at radius 3 is 2.73 bits per heavy atom. The van der Waals surface area contributed by atoms with Crippen molar-refractivity contribution in [1.82, 2.24) is 14.4 Å². The summed E-state index contributed by atoms with van der Waals surface area (Å²) in [7, 11) is -3.37. The van der Waals surface area contributed by atoms with Crippen LogP contribution in [0.1, 0.15) is 35.9 Å². The number of ether oxygens (including phenoxy) is 1. The lowest BCUT2D eigenvalue weighted by molar-refractivity contribution is 0.0693. The Balaban J connectivity index is 1.97. The molecule has 3 heterocycles. The highest BCUT2D eigenvalue weighted by atomic mass is 32.2. The van der Waals surface area contributed by atoms with Crippen LogP contribution in [0.3, 0.4) is 0 Å². The SMILES string of the molecule is CC1COCCN1c1cc(C2(S(C)(=O)=O)CC2)n2cnc(C(=O)O)c2n1. The van der Waals surface area contributed by atoms with Crippen LogP contribution in [0, 0.1) is 0 Å². The molecule has 2 aromatic heterocycles. The van der Waals surface area contributed by atoms with Crippen molar-refractivity contribution in [2.75, 3.05) is 30.9 Å². The third kappa shape index (κ3) is 2.47. The first kappa shape index (κ1) is 17.2. The minimum atomic E-state index is -3.37. The van der Waals surface area contributed by atoms with E-state index in [4.69, 9.17) is 4.74 Å². The molecule has 2 fully saturated rings. The molecule has 0 aromatic carbocycles. The molecular formula is C16H20N4O5S. The maximum Gasteiger partial charge on any atom is 0.358 e. The number of imidazole rings is 1. The number of fused-ring (bicyclic) bond motifs is 1. The maximum atomic E-state index is 12.4. The summed E-state index contributed by atoms with van der Waals surface area (Å²) < 4.78 is 30.9. The minimum Gasteiger partial charge on any atom is -0.476 e. The lowest BCUT2D eigenvalue weighted by Crippen LogP contribution is -2.44. The average molecular weight is 380 g/mol. The second kappa shape index (κ2) is 5.65. The van der Waals surface area contributed by atoms with Gasteiger partial charge in [-0.05, 0) is 19.8 Å². The third-order valence-electron chi connectivity index (χ3n) is 5.23. The Bertz CT molecular complexity index is 995. The summed E-state index contributed by atoms with van der Waals surface area (Å²) in [5, 5.41) is 9.43. The van der Waals surface area contributed by atoms with Gasteiger partial charge >= 0.3 is 5.97 Å². The summed E-state index contributed by atoms with van der Waals surface area (Å²) in [5.74, 6) is -0.636. The molecule has 1 unspecified atom stereocenters. The third-order valence-corrected chi connectivity index (χ3v) is 7.27. The van der Waals surface area contributed by atoms with E-state index in [2.05, 4.69) is 9.97 Å². The van der Waals surface area contributed by atoms with Crippen molar-refractivity contribution in [3.63, 3.8) is 0 Å². The number of anilines is 1. The van der Waals surface area contributed by atoms with Gasteiger partial charge in [0, 0.05) is 18.9 Å². The van der Waals surface area contributed by atoms with Gasteiger partial charge in [-0.15, -0.1) is 0 Å². The van der Waals surface area contributed by atoms with Crippen LogP contribution in [0.2, 0.25) is 0 Å². The van der Waals surface area contributed by atoms with E-state index in [9.17, 15) is 18.3 Å². The first-order valence-electron chi connectivity index (χ1n) is 8.40. The van der Waals surface area contributed by atoms with Crippen LogP contribution in [-0.2, 0) is 19.3 Å². The van der Waals surface area contributed by atoms with Gasteiger partial charge in [-0.25, -0.2) is 23.2 Å². The summed E-state index contributed by atoms with van der Waals surface area (Å²) >= 11 is 0. The van der Waals surface area contributed by atoms with Gasteiger partial charge in [0.1, 0.15) is 16.9 Å². The Hall–Kier alpha value is -2.20. The molecule has 9 nitrogen and oxygen atoms in total. The van der Waals surface area contributed by atoms with Gasteiger partial charge in [-0.3, -0.25) is 4.40 Å².